The largest absolute Gasteiger partial charge is 0.366 e. The molecule has 1 heterocycles. The first-order valence-electron chi connectivity index (χ1n) is 2.99. The maximum Gasteiger partial charge on any atom is 0.241 e. The standard InChI is InChI=1S/C5H7N4/c6-5-7-4(8-9-5)3-1-2-3/h3H,1-2H2,(H2,6,9). The van der Waals surface area contributed by atoms with Gasteiger partial charge in [-0.15, -0.1) is 10.2 Å². The van der Waals surface area contributed by atoms with Crippen molar-refractivity contribution >= 4 is 11.8 Å². The van der Waals surface area contributed by atoms with E-state index in [-0.39, 0.29) is 0 Å². The Hall–Kier alpha value is -1.06. The number of nitrogens with two attached hydrogens (primary N) is 1. The Labute approximate surface area is 52.8 Å². The van der Waals surface area contributed by atoms with Gasteiger partial charge in [-0.25, -0.2) is 0 Å². The lowest BCUT2D eigenvalue weighted by Crippen LogP contribution is -2.26. The Morgan fingerprint density at radius 1 is 1.33 bits per heavy atom. The monoisotopic (exact) mass is 123 g/mol. The van der Waals surface area contributed by atoms with Crippen molar-refractivity contribution in [1.29, 1.82) is 0 Å². The fourth-order valence-electron chi connectivity index (χ4n) is 0.779. The van der Waals surface area contributed by atoms with Crippen LogP contribution in [0.5, 0.6) is 0 Å². The minimum absolute atomic E-state index is 0.303. The molecular weight excluding hydrogens is 116 g/mol. The van der Waals surface area contributed by atoms with E-state index in [1.165, 1.54) is 12.8 Å². The molecule has 0 saturated heterocycles. The summed E-state index contributed by atoms with van der Waals surface area (Å²) in [6, 6.07) is 0. The van der Waals surface area contributed by atoms with Crippen molar-refractivity contribution < 1.29 is 0 Å². The lowest BCUT2D eigenvalue weighted by molar-refractivity contribution is 1.10. The van der Waals surface area contributed by atoms with Crippen LogP contribution in [0.25, 0.3) is 0 Å². The topological polar surface area (TPSA) is 64.8 Å². The van der Waals surface area contributed by atoms with E-state index >= 15 is 0 Å². The highest BCUT2D eigenvalue weighted by Gasteiger charge is 2.31. The second-order valence-electron chi connectivity index (χ2n) is 2.30. The number of guanidine groups is 1. The highest BCUT2D eigenvalue weighted by molar-refractivity contribution is 6.03. The van der Waals surface area contributed by atoms with Crippen molar-refractivity contribution in [2.45, 2.75) is 12.8 Å². The third kappa shape index (κ3) is 0.759. The molecule has 1 aliphatic carbocycles. The quantitative estimate of drug-likeness (QED) is 0.508. The van der Waals surface area contributed by atoms with E-state index in [9.17, 15) is 0 Å². The molecule has 0 unspecified atom stereocenters. The van der Waals surface area contributed by atoms with Crippen molar-refractivity contribution in [2.75, 3.05) is 0 Å². The van der Waals surface area contributed by atoms with E-state index < -0.39 is 0 Å². The number of amidine groups is 1. The van der Waals surface area contributed by atoms with Crippen LogP contribution in [0, 0.1) is 5.92 Å². The van der Waals surface area contributed by atoms with E-state index in [1.54, 1.807) is 0 Å². The van der Waals surface area contributed by atoms with E-state index in [2.05, 4.69) is 15.5 Å². The van der Waals surface area contributed by atoms with Gasteiger partial charge in [0.2, 0.25) is 5.96 Å². The molecular formula is C5H7N4. The van der Waals surface area contributed by atoms with Crippen molar-refractivity contribution in [1.82, 2.24) is 5.32 Å². The van der Waals surface area contributed by atoms with Gasteiger partial charge in [-0.2, -0.15) is 5.32 Å². The molecule has 2 N–H and O–H groups in total. The second-order valence-corrected chi connectivity index (χ2v) is 2.30. The summed E-state index contributed by atoms with van der Waals surface area (Å²) >= 11 is 0. The van der Waals surface area contributed by atoms with Gasteiger partial charge in [0.15, 0.2) is 5.84 Å². The zero-order chi connectivity index (χ0) is 6.27. The summed E-state index contributed by atoms with van der Waals surface area (Å²) in [6.07, 6.45) is 2.40. The van der Waals surface area contributed by atoms with Gasteiger partial charge >= 0.3 is 0 Å². The maximum atomic E-state index is 5.26. The number of rotatable bonds is 1. The van der Waals surface area contributed by atoms with Gasteiger partial charge in [0.1, 0.15) is 0 Å². The number of hydrogen-bond acceptors (Lipinski definition) is 3. The van der Waals surface area contributed by atoms with Crippen LogP contribution in [0.1, 0.15) is 12.8 Å². The average molecular weight is 123 g/mol. The highest BCUT2D eigenvalue weighted by atomic mass is 15.4. The Morgan fingerprint density at radius 2 is 2.11 bits per heavy atom. The summed E-state index contributed by atoms with van der Waals surface area (Å²) in [4.78, 5) is 0. The van der Waals surface area contributed by atoms with Crippen LogP contribution in [-0.2, 0) is 0 Å². The minimum Gasteiger partial charge on any atom is -0.366 e. The third-order valence-corrected chi connectivity index (χ3v) is 1.43. The Balaban J connectivity index is 2.04. The zero-order valence-corrected chi connectivity index (χ0v) is 4.91. The first-order chi connectivity index (χ1) is 4.36. The summed E-state index contributed by atoms with van der Waals surface area (Å²) in [5.74, 6) is 1.69. The SMILES string of the molecule is NC1=NN=C(C2CC2)[N]1. The van der Waals surface area contributed by atoms with E-state index in [0.29, 0.717) is 11.9 Å². The first kappa shape index (κ1) is 4.78. The molecule has 1 saturated carbocycles. The number of nitrogens with zero attached hydrogens (tertiary/aromatic N) is 3. The van der Waals surface area contributed by atoms with E-state index in [4.69, 9.17) is 5.73 Å². The van der Waals surface area contributed by atoms with Gasteiger partial charge in [-0.3, -0.25) is 0 Å². The van der Waals surface area contributed by atoms with Crippen LogP contribution in [0.2, 0.25) is 0 Å². The number of hydrogen-bond donors (Lipinski definition) is 1. The lowest BCUT2D eigenvalue weighted by atomic mass is 10.4. The van der Waals surface area contributed by atoms with Crippen molar-refractivity contribution in [3.63, 3.8) is 0 Å². The predicted molar refractivity (Wildman–Crippen MR) is 33.9 cm³/mol. The molecule has 2 rings (SSSR count). The molecule has 4 nitrogen and oxygen atoms in total. The fourth-order valence-corrected chi connectivity index (χ4v) is 0.779. The molecule has 4 heteroatoms. The van der Waals surface area contributed by atoms with Gasteiger partial charge < -0.3 is 5.73 Å². The van der Waals surface area contributed by atoms with Gasteiger partial charge in [0, 0.05) is 5.92 Å². The molecule has 1 fully saturated rings. The van der Waals surface area contributed by atoms with Gasteiger partial charge in [-0.05, 0) is 12.8 Å². The molecule has 47 valence electrons. The Kier molecular flexibility index (Phi) is 0.777. The third-order valence-electron chi connectivity index (χ3n) is 1.43. The smallest absolute Gasteiger partial charge is 0.241 e. The lowest BCUT2D eigenvalue weighted by Gasteiger charge is -1.90. The molecule has 9 heavy (non-hydrogen) atoms. The molecule has 1 radical (unpaired) electrons. The van der Waals surface area contributed by atoms with E-state index in [1.807, 2.05) is 0 Å². The predicted octanol–water partition coefficient (Wildman–Crippen LogP) is -0.357. The summed E-state index contributed by atoms with van der Waals surface area (Å²) in [7, 11) is 0. The van der Waals surface area contributed by atoms with Crippen molar-refractivity contribution in [3.05, 3.63) is 0 Å². The Morgan fingerprint density at radius 3 is 2.56 bits per heavy atom. The van der Waals surface area contributed by atoms with Gasteiger partial charge in [0.05, 0.1) is 0 Å². The van der Waals surface area contributed by atoms with Crippen LogP contribution in [0.4, 0.5) is 0 Å². The van der Waals surface area contributed by atoms with Crippen LogP contribution >= 0.6 is 0 Å². The molecule has 0 atom stereocenters. The molecule has 2 aliphatic rings. The normalized spacial score (nSPS) is 24.9. The van der Waals surface area contributed by atoms with Crippen molar-refractivity contribution in [3.8, 4) is 0 Å². The van der Waals surface area contributed by atoms with Crippen LogP contribution in [-0.4, -0.2) is 11.8 Å². The van der Waals surface area contributed by atoms with Crippen LogP contribution in [0.15, 0.2) is 10.2 Å². The second kappa shape index (κ2) is 1.46. The zero-order valence-electron chi connectivity index (χ0n) is 4.91. The highest BCUT2D eigenvalue weighted by Crippen LogP contribution is 2.30. The maximum absolute atomic E-state index is 5.26. The van der Waals surface area contributed by atoms with E-state index in [0.717, 1.165) is 5.84 Å². The molecule has 0 bridgehead atoms. The average Bonchev–Trinajstić information content (AvgIpc) is 2.58. The summed E-state index contributed by atoms with van der Waals surface area (Å²) in [5.41, 5.74) is 5.26. The first-order valence-corrected chi connectivity index (χ1v) is 2.99. The molecule has 0 aromatic heterocycles. The molecule has 0 spiro atoms. The fraction of sp³-hybridized carbons (Fsp3) is 0.600. The Bertz CT molecular complexity index is 189. The van der Waals surface area contributed by atoms with Crippen molar-refractivity contribution in [2.24, 2.45) is 21.9 Å². The molecule has 1 aliphatic heterocycles. The summed E-state index contributed by atoms with van der Waals surface area (Å²) in [6.45, 7) is 0. The summed E-state index contributed by atoms with van der Waals surface area (Å²) < 4.78 is 0. The summed E-state index contributed by atoms with van der Waals surface area (Å²) in [5, 5.41) is 11.3. The molecule has 0 aromatic rings. The molecule has 0 amide bonds. The van der Waals surface area contributed by atoms with Crippen LogP contribution in [0.3, 0.4) is 0 Å². The molecule has 0 aromatic carbocycles. The van der Waals surface area contributed by atoms with Gasteiger partial charge in [0.25, 0.3) is 0 Å². The van der Waals surface area contributed by atoms with Gasteiger partial charge in [-0.1, -0.05) is 0 Å². The minimum atomic E-state index is 0.303. The van der Waals surface area contributed by atoms with Crippen LogP contribution < -0.4 is 11.1 Å².